The Balaban J connectivity index is 4.07. The van der Waals surface area contributed by atoms with Crippen LogP contribution in [0.3, 0.4) is 0 Å². The second-order valence-corrected chi connectivity index (χ2v) is 8.63. The third-order valence-electron chi connectivity index (χ3n) is 3.53. The van der Waals surface area contributed by atoms with Gasteiger partial charge in [0.1, 0.15) is 0 Å². The van der Waals surface area contributed by atoms with Gasteiger partial charge in [0.05, 0.1) is 21.3 Å². The van der Waals surface area contributed by atoms with E-state index < -0.39 is 61.1 Å². The molecule has 0 aromatic heterocycles. The molecule has 148 valence electrons. The highest BCUT2D eigenvalue weighted by Gasteiger charge is 2.74. The lowest BCUT2D eigenvalue weighted by atomic mass is 9.91. The molecule has 0 bridgehead atoms. The van der Waals surface area contributed by atoms with Gasteiger partial charge in [-0.15, -0.1) is 0 Å². The average molecular weight is 408 g/mol. The van der Waals surface area contributed by atoms with Gasteiger partial charge in [0.2, 0.25) is 0 Å². The highest BCUT2D eigenvalue weighted by molar-refractivity contribution is 7.86. The molecule has 0 heterocycles. The molecule has 0 fully saturated rings. The topological polar surface area (TPSA) is 54.4 Å². The summed E-state index contributed by atoms with van der Waals surface area (Å²) in [6.07, 6.45) is -12.8. The fourth-order valence-corrected chi connectivity index (χ4v) is 3.61. The highest BCUT2D eigenvalue weighted by Crippen LogP contribution is 2.55. The maximum atomic E-state index is 14.5. The van der Waals surface area contributed by atoms with E-state index in [2.05, 4.69) is 0 Å². The van der Waals surface area contributed by atoms with E-state index in [1.807, 2.05) is 0 Å². The summed E-state index contributed by atoms with van der Waals surface area (Å²) in [5, 5.41) is 9.05. The van der Waals surface area contributed by atoms with Crippen molar-refractivity contribution in [1.29, 1.82) is 0 Å². The Morgan fingerprint density at radius 1 is 0.962 bits per heavy atom. The van der Waals surface area contributed by atoms with Gasteiger partial charge in [-0.25, -0.2) is 9.18 Å². The number of hydrogen-bond acceptors (Lipinski definition) is 2. The molecule has 0 saturated heterocycles. The molecule has 1 atom stereocenters. The lowest BCUT2D eigenvalue weighted by Gasteiger charge is -2.33. The van der Waals surface area contributed by atoms with Gasteiger partial charge in [0, 0.05) is 10.3 Å². The van der Waals surface area contributed by atoms with Gasteiger partial charge in [-0.2, -0.15) is 26.3 Å². The summed E-state index contributed by atoms with van der Waals surface area (Å²) in [5.41, 5.74) is -9.03. The first-order valence-electron chi connectivity index (χ1n) is 6.99. The Morgan fingerprint density at radius 3 is 1.69 bits per heavy atom. The quantitative estimate of drug-likeness (QED) is 0.725. The molecule has 3 nitrogen and oxygen atoms in total. The van der Waals surface area contributed by atoms with Crippen LogP contribution in [0, 0.1) is 6.92 Å². The maximum absolute atomic E-state index is 14.5. The molecule has 0 aliphatic rings. The number of carboxylic acids is 1. The van der Waals surface area contributed by atoms with Gasteiger partial charge in [0.25, 0.3) is 0 Å². The summed E-state index contributed by atoms with van der Waals surface area (Å²) in [5.74, 6) is -1.66. The number of alkyl halides is 7. The second-order valence-electron chi connectivity index (χ2n) is 6.46. The van der Waals surface area contributed by atoms with Gasteiger partial charge < -0.3 is 5.11 Å². The van der Waals surface area contributed by atoms with Gasteiger partial charge in [0.15, 0.2) is 0 Å². The molecule has 1 aromatic carbocycles. The first-order chi connectivity index (χ1) is 11.4. The van der Waals surface area contributed by atoms with Crippen molar-refractivity contribution in [1.82, 2.24) is 0 Å². The van der Waals surface area contributed by atoms with Gasteiger partial charge in [-0.05, 0) is 39.3 Å². The molecule has 0 aliphatic heterocycles. The number of aromatic carboxylic acids is 1. The number of benzene rings is 1. The van der Waals surface area contributed by atoms with E-state index in [-0.39, 0.29) is 6.07 Å². The number of rotatable bonds is 3. The summed E-state index contributed by atoms with van der Waals surface area (Å²) in [7, 11) is -2.57. The zero-order valence-corrected chi connectivity index (χ0v) is 14.8. The number of carboxylic acid groups (broad SMARTS) is 1. The predicted octanol–water partition coefficient (Wildman–Crippen LogP) is 4.89. The molecular formula is C15H15F7O3S. The van der Waals surface area contributed by atoms with E-state index >= 15 is 0 Å². The SMILES string of the molecule is Cc1c(C(=O)O)ccc(C(F)(C(F)(F)F)C(F)(F)F)c1S(=O)C(C)(C)C. The molecule has 11 heteroatoms. The van der Waals surface area contributed by atoms with Crippen molar-refractivity contribution in [2.75, 3.05) is 0 Å². The minimum absolute atomic E-state index is 0.0798. The van der Waals surface area contributed by atoms with Crippen LogP contribution in [0.15, 0.2) is 17.0 Å². The Kier molecular flexibility index (Phi) is 5.60. The summed E-state index contributed by atoms with van der Waals surface area (Å²) >= 11 is 0. The number of halogens is 7. The standard InChI is InChI=1S/C15H15F7O3S/c1-7-8(11(23)24)5-6-9(10(7)26(25)12(2,3)4)13(16,14(17,18)19)15(20,21)22/h5-6H,1-4H3,(H,23,24). The second kappa shape index (κ2) is 6.50. The fraction of sp³-hybridized carbons (Fsp3) is 0.533. The Bertz CT molecular complexity index is 731. The third kappa shape index (κ3) is 3.58. The van der Waals surface area contributed by atoms with Crippen LogP contribution in [-0.4, -0.2) is 32.4 Å². The van der Waals surface area contributed by atoms with Crippen molar-refractivity contribution in [3.8, 4) is 0 Å². The van der Waals surface area contributed by atoms with E-state index in [9.17, 15) is 39.7 Å². The van der Waals surface area contributed by atoms with Gasteiger partial charge in [-0.3, -0.25) is 4.21 Å². The van der Waals surface area contributed by atoms with Crippen molar-refractivity contribution in [2.24, 2.45) is 0 Å². The molecule has 1 unspecified atom stereocenters. The highest BCUT2D eigenvalue weighted by atomic mass is 32.2. The third-order valence-corrected chi connectivity index (χ3v) is 5.54. The first-order valence-corrected chi connectivity index (χ1v) is 8.14. The van der Waals surface area contributed by atoms with Crippen LogP contribution in [-0.2, 0) is 16.5 Å². The summed E-state index contributed by atoms with van der Waals surface area (Å²) in [6.45, 7) is 4.64. The smallest absolute Gasteiger partial charge is 0.435 e. The first kappa shape index (κ1) is 22.4. The predicted molar refractivity (Wildman–Crippen MR) is 79.2 cm³/mol. The van der Waals surface area contributed by atoms with E-state index in [0.29, 0.717) is 6.07 Å². The summed E-state index contributed by atoms with van der Waals surface area (Å²) in [4.78, 5) is 10.0. The number of carbonyl (C=O) groups is 1. The van der Waals surface area contributed by atoms with Crippen LogP contribution in [0.4, 0.5) is 30.7 Å². The van der Waals surface area contributed by atoms with E-state index in [0.717, 1.165) is 6.92 Å². The van der Waals surface area contributed by atoms with Crippen molar-refractivity contribution in [2.45, 2.75) is 55.4 Å². The lowest BCUT2D eigenvalue weighted by molar-refractivity contribution is -0.349. The van der Waals surface area contributed by atoms with Gasteiger partial charge >= 0.3 is 24.0 Å². The van der Waals surface area contributed by atoms with Crippen molar-refractivity contribution in [3.05, 3.63) is 28.8 Å². The van der Waals surface area contributed by atoms with Crippen LogP contribution < -0.4 is 0 Å². The van der Waals surface area contributed by atoms with E-state index in [4.69, 9.17) is 5.11 Å². The Labute approximate surface area is 146 Å². The van der Waals surface area contributed by atoms with Crippen LogP contribution in [0.5, 0.6) is 0 Å². The fourth-order valence-electron chi connectivity index (χ4n) is 2.21. The molecule has 1 N–H and O–H groups in total. The monoisotopic (exact) mass is 408 g/mol. The summed E-state index contributed by atoms with van der Waals surface area (Å²) in [6, 6.07) is 0.512. The Morgan fingerprint density at radius 2 is 1.38 bits per heavy atom. The van der Waals surface area contributed by atoms with Crippen LogP contribution in [0.2, 0.25) is 0 Å². The Hall–Kier alpha value is -1.65. The molecule has 0 aliphatic carbocycles. The summed E-state index contributed by atoms with van der Waals surface area (Å²) < 4.78 is 104. The maximum Gasteiger partial charge on any atom is 0.435 e. The molecule has 0 radical (unpaired) electrons. The minimum atomic E-state index is -6.40. The van der Waals surface area contributed by atoms with E-state index in [1.165, 1.54) is 20.8 Å². The van der Waals surface area contributed by atoms with Gasteiger partial charge in [-0.1, -0.05) is 6.07 Å². The van der Waals surface area contributed by atoms with Crippen LogP contribution in [0.25, 0.3) is 0 Å². The number of hydrogen-bond donors (Lipinski definition) is 1. The molecule has 26 heavy (non-hydrogen) atoms. The normalized spacial score (nSPS) is 15.0. The van der Waals surface area contributed by atoms with Crippen molar-refractivity contribution >= 4 is 16.8 Å². The van der Waals surface area contributed by atoms with E-state index in [1.54, 1.807) is 0 Å². The van der Waals surface area contributed by atoms with Crippen molar-refractivity contribution < 1.29 is 44.8 Å². The van der Waals surface area contributed by atoms with Crippen molar-refractivity contribution in [3.63, 3.8) is 0 Å². The lowest BCUT2D eigenvalue weighted by Crippen LogP contribution is -2.51. The molecular weight excluding hydrogens is 393 g/mol. The molecule has 0 saturated carbocycles. The molecule has 0 amide bonds. The molecule has 1 aromatic rings. The molecule has 1 rings (SSSR count). The molecule has 0 spiro atoms. The largest absolute Gasteiger partial charge is 0.478 e. The average Bonchev–Trinajstić information content (AvgIpc) is 2.41. The zero-order chi connectivity index (χ0) is 20.9. The minimum Gasteiger partial charge on any atom is -0.478 e. The van der Waals surface area contributed by atoms with Crippen LogP contribution >= 0.6 is 0 Å². The van der Waals surface area contributed by atoms with Crippen LogP contribution in [0.1, 0.15) is 42.3 Å². The zero-order valence-electron chi connectivity index (χ0n) is 14.0.